The lowest BCUT2D eigenvalue weighted by molar-refractivity contribution is 1.46. The molecule has 0 aliphatic carbocycles. The van der Waals surface area contributed by atoms with Gasteiger partial charge in [-0.25, -0.2) is 0 Å². The standard InChI is InChI=1S/C2H9N3Si/c1-2-6(3,4)5/h2H,1,3-5H2. The van der Waals surface area contributed by atoms with Crippen molar-refractivity contribution in [3.8, 4) is 0 Å². The summed E-state index contributed by atoms with van der Waals surface area (Å²) < 4.78 is 0. The molecule has 0 amide bonds. The van der Waals surface area contributed by atoms with Crippen molar-refractivity contribution in [2.24, 2.45) is 16.2 Å². The third kappa shape index (κ3) is 3.84. The molecule has 0 aromatic rings. The molecule has 0 fully saturated rings. The topological polar surface area (TPSA) is 78.1 Å². The molecule has 4 heteroatoms. The average molecular weight is 103 g/mol. The summed E-state index contributed by atoms with van der Waals surface area (Å²) in [5.74, 6) is 0. The van der Waals surface area contributed by atoms with Gasteiger partial charge in [0, 0.05) is 0 Å². The first-order chi connectivity index (χ1) is 2.56. The van der Waals surface area contributed by atoms with Crippen molar-refractivity contribution in [2.45, 2.75) is 0 Å². The van der Waals surface area contributed by atoms with Crippen LogP contribution in [0.15, 0.2) is 12.3 Å². The Bertz CT molecular complexity index is 54.3. The van der Waals surface area contributed by atoms with Crippen molar-refractivity contribution in [1.82, 2.24) is 0 Å². The second-order valence-electron chi connectivity index (χ2n) is 1.20. The van der Waals surface area contributed by atoms with Crippen LogP contribution < -0.4 is 16.2 Å². The summed E-state index contributed by atoms with van der Waals surface area (Å²) in [6.07, 6.45) is 0. The van der Waals surface area contributed by atoms with Gasteiger partial charge in [0.25, 0.3) is 8.56 Å². The van der Waals surface area contributed by atoms with Crippen LogP contribution in [0.5, 0.6) is 0 Å². The van der Waals surface area contributed by atoms with Gasteiger partial charge in [-0.3, -0.25) is 0 Å². The van der Waals surface area contributed by atoms with Gasteiger partial charge >= 0.3 is 0 Å². The maximum atomic E-state index is 5.11. The molecule has 0 aromatic heterocycles. The summed E-state index contributed by atoms with van der Waals surface area (Å²) in [5, 5.41) is 15.3. The van der Waals surface area contributed by atoms with Gasteiger partial charge in [-0.1, -0.05) is 5.70 Å². The van der Waals surface area contributed by atoms with Gasteiger partial charge in [0.05, 0.1) is 0 Å². The monoisotopic (exact) mass is 103 g/mol. The van der Waals surface area contributed by atoms with Crippen LogP contribution in [0.2, 0.25) is 0 Å². The van der Waals surface area contributed by atoms with Crippen LogP contribution in [0.4, 0.5) is 0 Å². The minimum absolute atomic E-state index is 1.41. The summed E-state index contributed by atoms with van der Waals surface area (Å²) >= 11 is 0. The molecule has 0 radical (unpaired) electrons. The van der Waals surface area contributed by atoms with Crippen LogP contribution >= 0.6 is 0 Å². The molecule has 0 atom stereocenters. The van der Waals surface area contributed by atoms with Crippen molar-refractivity contribution in [1.29, 1.82) is 0 Å². The molecule has 3 nitrogen and oxygen atoms in total. The second-order valence-corrected chi connectivity index (χ2v) is 3.61. The first-order valence-electron chi connectivity index (χ1n) is 1.56. The Morgan fingerprint density at radius 3 is 1.50 bits per heavy atom. The van der Waals surface area contributed by atoms with Crippen LogP contribution in [-0.4, -0.2) is 8.56 Å². The van der Waals surface area contributed by atoms with E-state index in [-0.39, 0.29) is 0 Å². The van der Waals surface area contributed by atoms with Gasteiger partial charge in [0.1, 0.15) is 0 Å². The summed E-state index contributed by atoms with van der Waals surface area (Å²) in [7, 11) is -2.37. The third-order valence-electron chi connectivity index (χ3n) is 0.354. The Balaban J connectivity index is 3.45. The van der Waals surface area contributed by atoms with Crippen LogP contribution in [-0.2, 0) is 0 Å². The van der Waals surface area contributed by atoms with Crippen molar-refractivity contribution in [3.05, 3.63) is 12.3 Å². The van der Waals surface area contributed by atoms with E-state index in [9.17, 15) is 0 Å². The van der Waals surface area contributed by atoms with Gasteiger partial charge in [0.15, 0.2) is 0 Å². The summed E-state index contributed by atoms with van der Waals surface area (Å²) in [5.41, 5.74) is 1.41. The van der Waals surface area contributed by atoms with Crippen molar-refractivity contribution in [3.63, 3.8) is 0 Å². The molecule has 6 heavy (non-hydrogen) atoms. The van der Waals surface area contributed by atoms with Crippen molar-refractivity contribution >= 4 is 8.56 Å². The molecule has 0 aliphatic rings. The fourth-order valence-electron chi connectivity index (χ4n) is 0. The Kier molecular flexibility index (Phi) is 1.48. The molecule has 0 heterocycles. The highest BCUT2D eigenvalue weighted by atomic mass is 28.4. The number of hydrogen-bond acceptors (Lipinski definition) is 3. The molecule has 0 saturated carbocycles. The van der Waals surface area contributed by atoms with Crippen LogP contribution in [0, 0.1) is 0 Å². The van der Waals surface area contributed by atoms with E-state index in [2.05, 4.69) is 6.58 Å². The normalized spacial score (nSPS) is 11.2. The number of rotatable bonds is 1. The van der Waals surface area contributed by atoms with E-state index >= 15 is 0 Å². The van der Waals surface area contributed by atoms with E-state index in [0.29, 0.717) is 0 Å². The largest absolute Gasteiger partial charge is 0.324 e. The zero-order valence-electron chi connectivity index (χ0n) is 3.52. The fourth-order valence-corrected chi connectivity index (χ4v) is 0. The van der Waals surface area contributed by atoms with Crippen LogP contribution in [0.3, 0.4) is 0 Å². The lowest BCUT2D eigenvalue weighted by Crippen LogP contribution is -2.63. The summed E-state index contributed by atoms with van der Waals surface area (Å²) in [6, 6.07) is 0. The molecule has 0 aliphatic heterocycles. The van der Waals surface area contributed by atoms with Gasteiger partial charge in [-0.2, -0.15) is 0 Å². The van der Waals surface area contributed by atoms with Crippen molar-refractivity contribution in [2.75, 3.05) is 0 Å². The molecule has 0 spiro atoms. The Morgan fingerprint density at radius 2 is 1.50 bits per heavy atom. The van der Waals surface area contributed by atoms with E-state index < -0.39 is 8.56 Å². The van der Waals surface area contributed by atoms with E-state index in [1.807, 2.05) is 0 Å². The minimum Gasteiger partial charge on any atom is -0.324 e. The van der Waals surface area contributed by atoms with Gasteiger partial charge in [-0.05, 0) is 0 Å². The predicted octanol–water partition coefficient (Wildman–Crippen LogP) is -1.47. The zero-order valence-corrected chi connectivity index (χ0v) is 4.52. The highest BCUT2D eigenvalue weighted by molar-refractivity contribution is 6.75. The molecule has 36 valence electrons. The van der Waals surface area contributed by atoms with Crippen LogP contribution in [0.25, 0.3) is 0 Å². The smallest absolute Gasteiger partial charge is 0.299 e. The predicted molar refractivity (Wildman–Crippen MR) is 28.5 cm³/mol. The lowest BCUT2D eigenvalue weighted by atomic mass is 11.3. The molecule has 6 N–H and O–H groups in total. The van der Waals surface area contributed by atoms with Crippen molar-refractivity contribution < 1.29 is 0 Å². The lowest BCUT2D eigenvalue weighted by Gasteiger charge is -2.03. The van der Waals surface area contributed by atoms with E-state index in [1.54, 1.807) is 0 Å². The molecular formula is C2H9N3Si. The van der Waals surface area contributed by atoms with Crippen LogP contribution in [0.1, 0.15) is 0 Å². The molecule has 0 saturated heterocycles. The van der Waals surface area contributed by atoms with Gasteiger partial charge in [-0.15, -0.1) is 6.58 Å². The molecule has 0 bridgehead atoms. The first kappa shape index (κ1) is 5.84. The minimum atomic E-state index is -2.37. The fraction of sp³-hybridized carbons (Fsp3) is 0. The highest BCUT2D eigenvalue weighted by Gasteiger charge is 2.08. The molecule has 0 rings (SSSR count). The Hall–Kier alpha value is -0.163. The summed E-state index contributed by atoms with van der Waals surface area (Å²) in [6.45, 7) is 3.32. The maximum Gasteiger partial charge on any atom is 0.299 e. The van der Waals surface area contributed by atoms with E-state index in [1.165, 1.54) is 5.70 Å². The van der Waals surface area contributed by atoms with E-state index in [0.717, 1.165) is 0 Å². The first-order valence-corrected chi connectivity index (χ1v) is 3.87. The molecular weight excluding hydrogens is 94.1 g/mol. The third-order valence-corrected chi connectivity index (χ3v) is 1.06. The van der Waals surface area contributed by atoms with Gasteiger partial charge < -0.3 is 16.2 Å². The molecule has 0 aromatic carbocycles. The SMILES string of the molecule is C=C[Si](N)(N)N. The average Bonchev–Trinajstić information content (AvgIpc) is 1.35. The number of hydrogen-bond donors (Lipinski definition) is 3. The highest BCUT2D eigenvalue weighted by Crippen LogP contribution is 1.63. The Morgan fingerprint density at radius 1 is 1.33 bits per heavy atom. The quantitative estimate of drug-likeness (QED) is 0.354. The maximum absolute atomic E-state index is 5.11. The zero-order chi connectivity index (χ0) is 5.21. The number of nitrogens with two attached hydrogens (primary N) is 3. The van der Waals surface area contributed by atoms with E-state index in [4.69, 9.17) is 16.2 Å². The second kappa shape index (κ2) is 1.52. The summed E-state index contributed by atoms with van der Waals surface area (Å²) in [4.78, 5) is 0. The van der Waals surface area contributed by atoms with Gasteiger partial charge in [0.2, 0.25) is 0 Å². The molecule has 0 unspecified atom stereocenters. The Labute approximate surface area is 38.1 Å².